The van der Waals surface area contributed by atoms with Gasteiger partial charge in [0, 0.05) is 0 Å². The molecule has 0 saturated heterocycles. The maximum Gasteiger partial charge on any atom is 2.00 e. The van der Waals surface area contributed by atoms with Gasteiger partial charge in [-0.3, -0.25) is 0 Å². The van der Waals surface area contributed by atoms with E-state index in [1.165, 1.54) is 0 Å². The van der Waals surface area contributed by atoms with Crippen molar-refractivity contribution in [3.05, 3.63) is 6.57 Å². The zero-order chi connectivity index (χ0) is 6.50. The fourth-order valence-electron chi connectivity index (χ4n) is 0. The van der Waals surface area contributed by atoms with E-state index in [0.717, 1.165) is 0 Å². The van der Waals surface area contributed by atoms with Crippen LogP contribution in [0.3, 0.4) is 0 Å². The van der Waals surface area contributed by atoms with E-state index in [4.69, 9.17) is 31.1 Å². The third kappa shape index (κ3) is 149. The summed E-state index contributed by atoms with van der Waals surface area (Å²) in [7, 11) is -5.39. The molecule has 0 aliphatic rings. The molecule has 5 nitrogen and oxygen atoms in total. The molecule has 0 atom stereocenters. The zero-order valence-corrected chi connectivity index (χ0v) is 9.75. The predicted octanol–water partition coefficient (Wildman–Crippen LogP) is -3.49. The smallest absolute Gasteiger partial charge is 0.822 e. The minimum absolute atomic E-state index is 0. The second-order valence-electron chi connectivity index (χ2n) is 0.447. The fourth-order valence-corrected chi connectivity index (χ4v) is 0. The van der Waals surface area contributed by atoms with E-state index in [1.807, 2.05) is 0 Å². The summed E-state index contributed by atoms with van der Waals surface area (Å²) in [5, 5.41) is 6.25. The van der Waals surface area contributed by atoms with Crippen molar-refractivity contribution in [3.8, 4) is 0 Å². The van der Waals surface area contributed by atoms with Gasteiger partial charge in [-0.25, -0.2) is 0 Å². The van der Waals surface area contributed by atoms with Crippen molar-refractivity contribution in [2.45, 2.75) is 0 Å². The SMILES string of the molecule is O=P([O-])([O-])[O-].[C-]#N.[Ca+2].[Ca+2]. The Hall–Kier alpha value is 2.12. The summed E-state index contributed by atoms with van der Waals surface area (Å²) in [4.78, 5) is 25.6. The summed E-state index contributed by atoms with van der Waals surface area (Å²) in [5.41, 5.74) is 0. The zero-order valence-electron chi connectivity index (χ0n) is 4.44. The molecular formula is CCa2NO4P. The van der Waals surface area contributed by atoms with Crippen molar-refractivity contribution in [1.29, 1.82) is 5.26 Å². The Morgan fingerprint density at radius 2 is 1.11 bits per heavy atom. The van der Waals surface area contributed by atoms with Crippen LogP contribution in [0.25, 0.3) is 0 Å². The Kier molecular flexibility index (Phi) is 31.9. The standard InChI is InChI=1S/CN.2Ca.H3O4P/c1-2;;;1-5(2,3)4/h;;;(H3,1,2,3,4)/q-1;2*+2;/p-3. The molecule has 0 aromatic carbocycles. The Bertz CT molecular complexity index is 89.7. The van der Waals surface area contributed by atoms with Gasteiger partial charge in [-0.2, -0.15) is 7.82 Å². The maximum absolute atomic E-state index is 8.55. The second-order valence-corrected chi connectivity index (χ2v) is 1.34. The molecule has 0 spiro atoms. The fraction of sp³-hybridized carbons (Fsp3) is 0. The van der Waals surface area contributed by atoms with Gasteiger partial charge in [-0.05, 0) is 0 Å². The maximum atomic E-state index is 8.55. The van der Waals surface area contributed by atoms with Gasteiger partial charge in [0.2, 0.25) is 0 Å². The van der Waals surface area contributed by atoms with Crippen LogP contribution in [0.1, 0.15) is 0 Å². The first-order valence-electron chi connectivity index (χ1n) is 0.954. The van der Waals surface area contributed by atoms with Crippen LogP contribution < -0.4 is 14.7 Å². The molecule has 0 saturated carbocycles. The molecule has 8 heteroatoms. The van der Waals surface area contributed by atoms with Crippen LogP contribution in [0, 0.1) is 11.8 Å². The van der Waals surface area contributed by atoms with Crippen LogP contribution >= 0.6 is 7.82 Å². The van der Waals surface area contributed by atoms with E-state index in [9.17, 15) is 0 Å². The predicted molar refractivity (Wildman–Crippen MR) is 24.1 cm³/mol. The van der Waals surface area contributed by atoms with Crippen molar-refractivity contribution >= 4 is 83.3 Å². The molecule has 9 heavy (non-hydrogen) atoms. The number of hydrogen-bond donors (Lipinski definition) is 0. The topological polar surface area (TPSA) is 110 Å². The first-order chi connectivity index (χ1) is 3.00. The first kappa shape index (κ1) is 22.5. The van der Waals surface area contributed by atoms with Gasteiger partial charge in [0.15, 0.2) is 0 Å². The monoisotopic (exact) mass is 201 g/mol. The van der Waals surface area contributed by atoms with Crippen LogP contribution in [0.2, 0.25) is 0 Å². The minimum Gasteiger partial charge on any atom is -0.822 e. The number of hydrogen-bond acceptors (Lipinski definition) is 5. The van der Waals surface area contributed by atoms with Crippen molar-refractivity contribution in [2.24, 2.45) is 0 Å². The van der Waals surface area contributed by atoms with E-state index < -0.39 is 7.82 Å². The third-order valence-electron chi connectivity index (χ3n) is 0. The number of phosphoric acid groups is 1. The van der Waals surface area contributed by atoms with Crippen LogP contribution in [-0.2, 0) is 4.57 Å². The van der Waals surface area contributed by atoms with Crippen molar-refractivity contribution in [3.63, 3.8) is 0 Å². The average Bonchev–Trinajstić information content (AvgIpc) is 1.36. The second kappa shape index (κ2) is 12.8. The van der Waals surface area contributed by atoms with Crippen molar-refractivity contribution < 1.29 is 19.2 Å². The van der Waals surface area contributed by atoms with Crippen LogP contribution in [-0.4, -0.2) is 75.5 Å². The molecule has 0 unspecified atom stereocenters. The largest absolute Gasteiger partial charge is 2.00 e. The quantitative estimate of drug-likeness (QED) is 0.229. The van der Waals surface area contributed by atoms with Crippen molar-refractivity contribution in [2.75, 3.05) is 0 Å². The third-order valence-corrected chi connectivity index (χ3v) is 0. The summed E-state index contributed by atoms with van der Waals surface area (Å²) in [6.07, 6.45) is 0. The molecule has 0 aromatic heterocycles. The molecule has 0 amide bonds. The summed E-state index contributed by atoms with van der Waals surface area (Å²) in [6.45, 7) is 4.75. The summed E-state index contributed by atoms with van der Waals surface area (Å²) >= 11 is 0. The minimum atomic E-state index is -5.39. The molecule has 0 bridgehead atoms. The molecule has 0 N–H and O–H groups in total. The van der Waals surface area contributed by atoms with E-state index in [-0.39, 0.29) is 75.5 Å². The summed E-state index contributed by atoms with van der Waals surface area (Å²) in [6, 6.07) is 0. The van der Waals surface area contributed by atoms with E-state index in [2.05, 4.69) is 0 Å². The number of nitrogens with zero attached hydrogens (tertiary/aromatic N) is 1. The van der Waals surface area contributed by atoms with E-state index >= 15 is 0 Å². The van der Waals surface area contributed by atoms with Crippen LogP contribution in [0.5, 0.6) is 0 Å². The molecule has 0 fully saturated rings. The molecule has 0 radical (unpaired) electrons. The Morgan fingerprint density at radius 3 is 1.11 bits per heavy atom. The molecule has 0 aliphatic heterocycles. The molecule has 0 aromatic rings. The van der Waals surface area contributed by atoms with Gasteiger partial charge in [-0.15, -0.1) is 0 Å². The van der Waals surface area contributed by atoms with Crippen molar-refractivity contribution in [1.82, 2.24) is 0 Å². The molecule has 0 heterocycles. The van der Waals surface area contributed by atoms with E-state index in [1.54, 1.807) is 0 Å². The molecular weight excluding hydrogens is 201 g/mol. The van der Waals surface area contributed by atoms with Gasteiger partial charge < -0.3 is 31.1 Å². The average molecular weight is 201 g/mol. The van der Waals surface area contributed by atoms with Crippen LogP contribution in [0.15, 0.2) is 0 Å². The number of rotatable bonds is 0. The van der Waals surface area contributed by atoms with Gasteiger partial charge in [0.05, 0.1) is 0 Å². The van der Waals surface area contributed by atoms with Crippen LogP contribution in [0.4, 0.5) is 0 Å². The van der Waals surface area contributed by atoms with E-state index in [0.29, 0.717) is 0 Å². The first-order valence-corrected chi connectivity index (χ1v) is 2.41. The summed E-state index contributed by atoms with van der Waals surface area (Å²) < 4.78 is 8.55. The Labute approximate surface area is 112 Å². The normalized spacial score (nSPS) is 6.78. The molecule has 0 rings (SSSR count). The van der Waals surface area contributed by atoms with Gasteiger partial charge in [0.1, 0.15) is 0 Å². The van der Waals surface area contributed by atoms with Gasteiger partial charge >= 0.3 is 75.5 Å². The molecule has 42 valence electrons. The summed E-state index contributed by atoms with van der Waals surface area (Å²) in [5.74, 6) is 0. The molecule has 0 aliphatic carbocycles. The van der Waals surface area contributed by atoms with Gasteiger partial charge in [-0.1, -0.05) is 0 Å². The van der Waals surface area contributed by atoms with Gasteiger partial charge in [0.25, 0.3) is 0 Å². The Balaban J connectivity index is -0.0000000286. The Morgan fingerprint density at radius 1 is 1.11 bits per heavy atom.